The minimum atomic E-state index is -0.117. The number of guanidine groups is 1. The van der Waals surface area contributed by atoms with E-state index in [9.17, 15) is 5.11 Å². The second-order valence-corrected chi connectivity index (χ2v) is 6.83. The second-order valence-electron chi connectivity index (χ2n) is 6.83. The van der Waals surface area contributed by atoms with Crippen molar-refractivity contribution in [3.63, 3.8) is 0 Å². The molecule has 3 N–H and O–H groups in total. The Hall–Kier alpha value is -2.01. The highest BCUT2D eigenvalue weighted by Crippen LogP contribution is 2.18. The smallest absolute Gasteiger partial charge is 0.191 e. The van der Waals surface area contributed by atoms with E-state index in [1.165, 1.54) is 10.9 Å². The van der Waals surface area contributed by atoms with Crippen molar-refractivity contribution in [2.75, 3.05) is 13.1 Å². The molecule has 0 unspecified atom stereocenters. The van der Waals surface area contributed by atoms with Crippen molar-refractivity contribution in [1.82, 2.24) is 15.2 Å². The molecule has 1 heterocycles. The van der Waals surface area contributed by atoms with Crippen LogP contribution in [0.15, 0.2) is 41.5 Å². The number of aromatic nitrogens is 1. The number of nitrogens with one attached hydrogen (secondary N) is 2. The summed E-state index contributed by atoms with van der Waals surface area (Å²) in [5, 5.41) is 17.8. The number of nitrogens with zero attached hydrogens (tertiary/aromatic N) is 2. The number of aliphatic imine (C=N–C) groups is 1. The van der Waals surface area contributed by atoms with Crippen LogP contribution in [0.5, 0.6) is 0 Å². The van der Waals surface area contributed by atoms with Gasteiger partial charge >= 0.3 is 0 Å². The van der Waals surface area contributed by atoms with E-state index in [2.05, 4.69) is 58.7 Å². The first-order chi connectivity index (χ1) is 12.3. The zero-order chi connectivity index (χ0) is 17.5. The topological polar surface area (TPSA) is 61.6 Å². The van der Waals surface area contributed by atoms with Crippen molar-refractivity contribution in [2.24, 2.45) is 4.99 Å². The highest BCUT2D eigenvalue weighted by atomic mass is 16.3. The summed E-state index contributed by atoms with van der Waals surface area (Å²) in [4.78, 5) is 4.72. The molecule has 0 bridgehead atoms. The lowest BCUT2D eigenvalue weighted by Crippen LogP contribution is -2.45. The standard InChI is InChI=1S/C20H30N4O/c1-2-21-20(23-17-8-10-18(25)11-9-17)22-13-5-14-24-15-12-16-6-3-4-7-19(16)24/h3-4,6-7,12,15,17-18,25H,2,5,8-11,13-14H2,1H3,(H2,21,22,23). The fourth-order valence-corrected chi connectivity index (χ4v) is 3.50. The Kier molecular flexibility index (Phi) is 6.34. The molecule has 5 heteroatoms. The van der Waals surface area contributed by atoms with E-state index in [0.29, 0.717) is 6.04 Å². The molecule has 0 spiro atoms. The van der Waals surface area contributed by atoms with Crippen molar-refractivity contribution in [3.8, 4) is 0 Å². The fraction of sp³-hybridized carbons (Fsp3) is 0.550. The Morgan fingerprint density at radius 1 is 1.20 bits per heavy atom. The van der Waals surface area contributed by atoms with Gasteiger partial charge in [-0.25, -0.2) is 0 Å². The minimum Gasteiger partial charge on any atom is -0.393 e. The van der Waals surface area contributed by atoms with Crippen LogP contribution in [-0.4, -0.2) is 40.9 Å². The van der Waals surface area contributed by atoms with Crippen LogP contribution in [0.1, 0.15) is 39.0 Å². The van der Waals surface area contributed by atoms with Crippen LogP contribution in [0.2, 0.25) is 0 Å². The third kappa shape index (κ3) is 4.98. The molecule has 1 saturated carbocycles. The van der Waals surface area contributed by atoms with Gasteiger partial charge < -0.3 is 20.3 Å². The zero-order valence-electron chi connectivity index (χ0n) is 15.1. The van der Waals surface area contributed by atoms with E-state index in [1.54, 1.807) is 0 Å². The number of aryl methyl sites for hydroxylation is 1. The van der Waals surface area contributed by atoms with Gasteiger partial charge in [0, 0.05) is 37.4 Å². The summed E-state index contributed by atoms with van der Waals surface area (Å²) < 4.78 is 2.30. The van der Waals surface area contributed by atoms with Crippen LogP contribution in [-0.2, 0) is 6.54 Å². The lowest BCUT2D eigenvalue weighted by Gasteiger charge is -2.27. The van der Waals surface area contributed by atoms with Gasteiger partial charge in [-0.05, 0) is 56.5 Å². The predicted molar refractivity (Wildman–Crippen MR) is 104 cm³/mol. The number of hydrogen-bond acceptors (Lipinski definition) is 2. The number of aliphatic hydroxyl groups is 1. The number of para-hydroxylation sites is 1. The average Bonchev–Trinajstić information content (AvgIpc) is 3.04. The molecular weight excluding hydrogens is 312 g/mol. The van der Waals surface area contributed by atoms with Crippen molar-refractivity contribution < 1.29 is 5.11 Å². The maximum absolute atomic E-state index is 9.63. The first-order valence-electron chi connectivity index (χ1n) is 9.53. The van der Waals surface area contributed by atoms with Crippen LogP contribution >= 0.6 is 0 Å². The molecule has 1 aromatic carbocycles. The summed E-state index contributed by atoms with van der Waals surface area (Å²) in [6, 6.07) is 11.1. The molecule has 1 aliphatic rings. The largest absolute Gasteiger partial charge is 0.393 e. The zero-order valence-corrected chi connectivity index (χ0v) is 15.1. The molecule has 136 valence electrons. The van der Waals surface area contributed by atoms with E-state index < -0.39 is 0 Å². The molecule has 3 rings (SSSR count). The Bertz CT molecular complexity index is 686. The van der Waals surface area contributed by atoms with E-state index >= 15 is 0 Å². The van der Waals surface area contributed by atoms with Gasteiger partial charge in [0.05, 0.1) is 6.10 Å². The first kappa shape index (κ1) is 17.8. The SMILES string of the molecule is CCNC(=NCCCn1ccc2ccccc21)NC1CCC(O)CC1. The molecule has 5 nitrogen and oxygen atoms in total. The number of fused-ring (bicyclic) bond motifs is 1. The van der Waals surface area contributed by atoms with Crippen molar-refractivity contribution in [1.29, 1.82) is 0 Å². The number of hydrogen-bond donors (Lipinski definition) is 3. The third-order valence-electron chi connectivity index (χ3n) is 4.89. The van der Waals surface area contributed by atoms with Gasteiger partial charge in [0.25, 0.3) is 0 Å². The number of aliphatic hydroxyl groups excluding tert-OH is 1. The highest BCUT2D eigenvalue weighted by molar-refractivity contribution is 5.80. The predicted octanol–water partition coefficient (Wildman–Crippen LogP) is 2.89. The lowest BCUT2D eigenvalue weighted by atomic mass is 9.93. The van der Waals surface area contributed by atoms with Gasteiger partial charge in [-0.15, -0.1) is 0 Å². The molecule has 25 heavy (non-hydrogen) atoms. The van der Waals surface area contributed by atoms with Crippen LogP contribution in [0.4, 0.5) is 0 Å². The summed E-state index contributed by atoms with van der Waals surface area (Å²) in [6.45, 7) is 4.74. The van der Waals surface area contributed by atoms with E-state index in [0.717, 1.165) is 57.7 Å². The third-order valence-corrected chi connectivity index (χ3v) is 4.89. The lowest BCUT2D eigenvalue weighted by molar-refractivity contribution is 0.120. The molecular formula is C20H30N4O. The van der Waals surface area contributed by atoms with Gasteiger partial charge in [0.15, 0.2) is 5.96 Å². The highest BCUT2D eigenvalue weighted by Gasteiger charge is 2.19. The summed E-state index contributed by atoms with van der Waals surface area (Å²) in [6.07, 6.45) is 6.86. The van der Waals surface area contributed by atoms with Crippen LogP contribution in [0.25, 0.3) is 10.9 Å². The Balaban J connectivity index is 1.49. The van der Waals surface area contributed by atoms with Gasteiger partial charge in [0.2, 0.25) is 0 Å². The normalized spacial score (nSPS) is 21.4. The van der Waals surface area contributed by atoms with Gasteiger partial charge in [-0.1, -0.05) is 18.2 Å². The summed E-state index contributed by atoms with van der Waals surface area (Å²) in [5.74, 6) is 0.904. The van der Waals surface area contributed by atoms with E-state index in [-0.39, 0.29) is 6.10 Å². The number of benzene rings is 1. The molecule has 0 saturated heterocycles. The Morgan fingerprint density at radius 2 is 2.00 bits per heavy atom. The molecule has 1 fully saturated rings. The molecule has 0 radical (unpaired) electrons. The van der Waals surface area contributed by atoms with E-state index in [4.69, 9.17) is 4.99 Å². The summed E-state index contributed by atoms with van der Waals surface area (Å²) in [7, 11) is 0. The van der Waals surface area contributed by atoms with Crippen LogP contribution < -0.4 is 10.6 Å². The summed E-state index contributed by atoms with van der Waals surface area (Å²) >= 11 is 0. The quantitative estimate of drug-likeness (QED) is 0.430. The van der Waals surface area contributed by atoms with Gasteiger partial charge in [-0.2, -0.15) is 0 Å². The van der Waals surface area contributed by atoms with Crippen molar-refractivity contribution in [3.05, 3.63) is 36.5 Å². The molecule has 0 amide bonds. The maximum atomic E-state index is 9.63. The fourth-order valence-electron chi connectivity index (χ4n) is 3.50. The van der Waals surface area contributed by atoms with E-state index in [1.807, 2.05) is 0 Å². The van der Waals surface area contributed by atoms with Gasteiger partial charge in [0.1, 0.15) is 0 Å². The Labute approximate surface area is 150 Å². The summed E-state index contributed by atoms with van der Waals surface area (Å²) in [5.41, 5.74) is 1.29. The first-order valence-corrected chi connectivity index (χ1v) is 9.53. The van der Waals surface area contributed by atoms with Crippen molar-refractivity contribution >= 4 is 16.9 Å². The van der Waals surface area contributed by atoms with Crippen LogP contribution in [0.3, 0.4) is 0 Å². The Morgan fingerprint density at radius 3 is 2.80 bits per heavy atom. The minimum absolute atomic E-state index is 0.117. The molecule has 1 aliphatic carbocycles. The van der Waals surface area contributed by atoms with Crippen LogP contribution in [0, 0.1) is 0 Å². The average molecular weight is 342 g/mol. The van der Waals surface area contributed by atoms with Gasteiger partial charge in [-0.3, -0.25) is 4.99 Å². The monoisotopic (exact) mass is 342 g/mol. The molecule has 2 aromatic rings. The number of rotatable bonds is 6. The van der Waals surface area contributed by atoms with Crippen molar-refractivity contribution in [2.45, 2.75) is 57.7 Å². The molecule has 0 atom stereocenters. The molecule has 0 aliphatic heterocycles. The molecule has 1 aromatic heterocycles. The second kappa shape index (κ2) is 8.90. The maximum Gasteiger partial charge on any atom is 0.191 e.